The van der Waals surface area contributed by atoms with Crippen LogP contribution in [-0.4, -0.2) is 37.1 Å². The second-order valence-electron chi connectivity index (χ2n) is 2.08. The third-order valence-electron chi connectivity index (χ3n) is 1.02. The van der Waals surface area contributed by atoms with Crippen molar-refractivity contribution in [3.05, 3.63) is 0 Å². The third-order valence-corrected chi connectivity index (χ3v) is 2.74. The molecule has 0 aromatic rings. The van der Waals surface area contributed by atoms with Gasteiger partial charge in [-0.1, -0.05) is 0 Å². The molecule has 0 saturated heterocycles. The molecule has 7 nitrogen and oxygen atoms in total. The molecule has 1 unspecified atom stereocenters. The fourth-order valence-corrected chi connectivity index (χ4v) is 1.50. The zero-order valence-electron chi connectivity index (χ0n) is 7.83. The minimum absolute atomic E-state index is 0. The molecular weight excluding hydrogens is 288 g/mol. The summed E-state index contributed by atoms with van der Waals surface area (Å²) in [6.45, 7) is 0. The van der Waals surface area contributed by atoms with E-state index in [-0.39, 0.29) is 103 Å². The number of hydrogen-bond acceptors (Lipinski definition) is 7. The maximum atomic E-state index is 10.1. The van der Waals surface area contributed by atoms with Crippen molar-refractivity contribution in [1.29, 1.82) is 0 Å². The van der Waals surface area contributed by atoms with Crippen LogP contribution in [0.15, 0.2) is 0 Å². The smallest absolute Gasteiger partial charge is 0.748 e. The molecule has 0 rings (SSSR count). The van der Waals surface area contributed by atoms with Gasteiger partial charge in [0.05, 0.1) is 15.5 Å². The summed E-state index contributed by atoms with van der Waals surface area (Å²) in [4.78, 5) is 0. The van der Waals surface area contributed by atoms with Gasteiger partial charge in [-0.15, -0.1) is 0 Å². The van der Waals surface area contributed by atoms with E-state index >= 15 is 0 Å². The molecule has 0 aliphatic heterocycles. The number of rotatable bonds is 4. The van der Waals surface area contributed by atoms with Gasteiger partial charge >= 0.3 is 103 Å². The molecule has 0 saturated carbocycles. The van der Waals surface area contributed by atoms with E-state index in [4.69, 9.17) is 5.73 Å². The molecule has 0 amide bonds. The van der Waals surface area contributed by atoms with Gasteiger partial charge in [0.25, 0.3) is 0 Å². The first-order valence-corrected chi connectivity index (χ1v) is 5.81. The van der Waals surface area contributed by atoms with Crippen molar-refractivity contribution in [1.82, 2.24) is 0 Å². The van der Waals surface area contributed by atoms with E-state index in [0.29, 0.717) is 0 Å². The van der Waals surface area contributed by atoms with E-state index < -0.39 is 37.8 Å². The van der Waals surface area contributed by atoms with Gasteiger partial charge in [-0.05, 0) is 6.42 Å². The van der Waals surface area contributed by atoms with Gasteiger partial charge < -0.3 is 14.8 Å². The molecule has 74 valence electrons. The van der Waals surface area contributed by atoms with Gasteiger partial charge in [0.15, 0.2) is 0 Å². The first kappa shape index (κ1) is 22.3. The zero-order valence-corrected chi connectivity index (χ0v) is 15.7. The van der Waals surface area contributed by atoms with Gasteiger partial charge in [-0.2, -0.15) is 0 Å². The molecule has 0 bridgehead atoms. The van der Waals surface area contributed by atoms with Crippen LogP contribution in [0.4, 0.5) is 0 Å². The quantitative estimate of drug-likeness (QED) is 0.401. The fourth-order valence-electron chi connectivity index (χ4n) is 0.405. The number of nitrogens with two attached hydrogens (primary N) is 1. The van der Waals surface area contributed by atoms with Crippen molar-refractivity contribution in [2.24, 2.45) is 5.73 Å². The van der Waals surface area contributed by atoms with Crippen LogP contribution >= 0.6 is 0 Å². The summed E-state index contributed by atoms with van der Waals surface area (Å²) in [5, 5.41) is -1.83. The minimum atomic E-state index is -4.70. The maximum Gasteiger partial charge on any atom is 1.00 e. The van der Waals surface area contributed by atoms with Gasteiger partial charge in [0.2, 0.25) is 0 Å². The molecule has 11 heteroatoms. The Bertz CT molecular complexity index is 336. The normalized spacial score (nSPS) is 13.6. The molecule has 0 aliphatic carbocycles. The summed E-state index contributed by atoms with van der Waals surface area (Å²) in [5.74, 6) is -0.949. The van der Waals surface area contributed by atoms with Crippen LogP contribution in [0.3, 0.4) is 0 Å². The van der Waals surface area contributed by atoms with Crippen LogP contribution in [0.1, 0.15) is 6.42 Å². The Morgan fingerprint density at radius 2 is 1.43 bits per heavy atom. The summed E-state index contributed by atoms with van der Waals surface area (Å²) in [7, 11) is -9.21. The fraction of sp³-hybridized carbons (Fsp3) is 1.00. The first-order chi connectivity index (χ1) is 5.13. The van der Waals surface area contributed by atoms with Crippen molar-refractivity contribution in [2.75, 3.05) is 5.75 Å². The van der Waals surface area contributed by atoms with Crippen molar-refractivity contribution in [3.8, 4) is 0 Å². The first-order valence-electron chi connectivity index (χ1n) is 2.77. The molecule has 0 aromatic heterocycles. The van der Waals surface area contributed by atoms with E-state index in [2.05, 4.69) is 0 Å². The second-order valence-corrected chi connectivity index (χ2v) is 5.20. The largest absolute Gasteiger partial charge is 1.00 e. The van der Waals surface area contributed by atoms with Crippen LogP contribution in [0.2, 0.25) is 0 Å². The van der Waals surface area contributed by atoms with Crippen LogP contribution in [-0.2, 0) is 20.2 Å². The van der Waals surface area contributed by atoms with Crippen LogP contribution in [0.5, 0.6) is 0 Å². The van der Waals surface area contributed by atoms with Gasteiger partial charge in [-0.3, -0.25) is 0 Å². The average molecular weight is 295 g/mol. The molecule has 14 heavy (non-hydrogen) atoms. The standard InChI is InChI=1S/C3H9NO6S2.2K/c4-3(12(8,9)10)1-2-11(5,6)7;;/h3H,1-2,4H2,(H,5,6,7)(H,8,9,10);;/q;2*+1/p-2. The molecule has 1 atom stereocenters. The maximum absolute atomic E-state index is 10.1. The number of hydrogen-bond donors (Lipinski definition) is 1. The molecule has 0 radical (unpaired) electrons. The Morgan fingerprint density at radius 3 is 1.64 bits per heavy atom. The predicted octanol–water partition coefficient (Wildman–Crippen LogP) is -8.24. The Labute approximate surface area is 168 Å². The zero-order chi connectivity index (χ0) is 9.99. The Kier molecular flexibility index (Phi) is 14.4. The molecule has 2 N–H and O–H groups in total. The Hall–Kier alpha value is 3.05. The molecule has 0 heterocycles. The van der Waals surface area contributed by atoms with Crippen LogP contribution in [0, 0.1) is 0 Å². The van der Waals surface area contributed by atoms with Crippen molar-refractivity contribution in [2.45, 2.75) is 11.8 Å². The van der Waals surface area contributed by atoms with Crippen molar-refractivity contribution < 1.29 is 129 Å². The second kappa shape index (κ2) is 9.05. The molecule has 0 spiro atoms. The molecule has 0 fully saturated rings. The van der Waals surface area contributed by atoms with Gasteiger partial charge in [0, 0.05) is 5.75 Å². The van der Waals surface area contributed by atoms with Gasteiger partial charge in [-0.25, -0.2) is 16.8 Å². The SMILES string of the molecule is NC(CCS(=O)(=O)[O-])S(=O)(=O)[O-].[K+].[K+]. The minimum Gasteiger partial charge on any atom is -0.748 e. The van der Waals surface area contributed by atoms with E-state index in [1.165, 1.54) is 0 Å². The van der Waals surface area contributed by atoms with E-state index in [1.807, 2.05) is 0 Å². The monoisotopic (exact) mass is 295 g/mol. The summed E-state index contributed by atoms with van der Waals surface area (Å²) < 4.78 is 60.1. The Balaban J connectivity index is -0.000000605. The predicted molar refractivity (Wildman–Crippen MR) is 36.9 cm³/mol. The molecule has 0 aliphatic rings. The van der Waals surface area contributed by atoms with Crippen molar-refractivity contribution in [3.63, 3.8) is 0 Å². The van der Waals surface area contributed by atoms with Crippen LogP contribution in [0.25, 0.3) is 0 Å². The molecular formula is C3H7K2NO6S2. The topological polar surface area (TPSA) is 140 Å². The summed E-state index contributed by atoms with van der Waals surface area (Å²) in [6.07, 6.45) is -0.669. The average Bonchev–Trinajstić information content (AvgIpc) is 1.78. The van der Waals surface area contributed by atoms with E-state index in [9.17, 15) is 25.9 Å². The van der Waals surface area contributed by atoms with Crippen molar-refractivity contribution >= 4 is 20.2 Å². The summed E-state index contributed by atoms with van der Waals surface area (Å²) in [5.41, 5.74) is 4.75. The van der Waals surface area contributed by atoms with E-state index in [1.54, 1.807) is 0 Å². The third kappa shape index (κ3) is 13.1. The van der Waals surface area contributed by atoms with Gasteiger partial charge in [0.1, 0.15) is 10.1 Å². The molecule has 0 aromatic carbocycles. The summed E-state index contributed by atoms with van der Waals surface area (Å²) in [6, 6.07) is 0. The Morgan fingerprint density at radius 1 is 1.07 bits per heavy atom. The van der Waals surface area contributed by atoms with Crippen LogP contribution < -0.4 is 109 Å². The summed E-state index contributed by atoms with van der Waals surface area (Å²) >= 11 is 0. The van der Waals surface area contributed by atoms with E-state index in [0.717, 1.165) is 0 Å².